The van der Waals surface area contributed by atoms with Crippen LogP contribution in [0.4, 0.5) is 11.4 Å². The maximum absolute atomic E-state index is 13.0. The number of hydrogen-bond acceptors (Lipinski definition) is 6. The number of imidazole rings is 1. The molecule has 9 nitrogen and oxygen atoms in total. The molecule has 1 aliphatic heterocycles. The Hall–Kier alpha value is -3.59. The van der Waals surface area contributed by atoms with Gasteiger partial charge in [-0.15, -0.1) is 0 Å². The van der Waals surface area contributed by atoms with Crippen molar-refractivity contribution in [3.8, 4) is 5.75 Å². The Kier molecular flexibility index (Phi) is 6.50. The van der Waals surface area contributed by atoms with Gasteiger partial charge in [0.05, 0.1) is 24.7 Å². The van der Waals surface area contributed by atoms with E-state index in [0.717, 1.165) is 34.8 Å². The molecule has 174 valence electrons. The zero-order valence-electron chi connectivity index (χ0n) is 19.5. The SMILES string of the molecule is COc1ccc(N2CCN(CC(=O)Nc3ccc4nc(C)[nH]c4c3)C(C(=O)N(C)C)C2)cc1. The summed E-state index contributed by atoms with van der Waals surface area (Å²) in [6.07, 6.45) is 0. The van der Waals surface area contributed by atoms with Crippen molar-refractivity contribution in [1.29, 1.82) is 0 Å². The van der Waals surface area contributed by atoms with Gasteiger partial charge in [0, 0.05) is 45.1 Å². The van der Waals surface area contributed by atoms with Gasteiger partial charge in [0.25, 0.3) is 0 Å². The van der Waals surface area contributed by atoms with E-state index in [9.17, 15) is 9.59 Å². The third-order valence-corrected chi connectivity index (χ3v) is 5.89. The van der Waals surface area contributed by atoms with Crippen molar-refractivity contribution in [3.05, 3.63) is 48.3 Å². The van der Waals surface area contributed by atoms with Crippen molar-refractivity contribution < 1.29 is 14.3 Å². The van der Waals surface area contributed by atoms with Crippen LogP contribution in [0.15, 0.2) is 42.5 Å². The average molecular weight is 451 g/mol. The lowest BCUT2D eigenvalue weighted by molar-refractivity contribution is -0.135. The first-order chi connectivity index (χ1) is 15.8. The van der Waals surface area contributed by atoms with E-state index in [1.54, 1.807) is 26.1 Å². The Balaban J connectivity index is 1.45. The number of aromatic amines is 1. The minimum Gasteiger partial charge on any atom is -0.497 e. The van der Waals surface area contributed by atoms with E-state index in [1.165, 1.54) is 0 Å². The summed E-state index contributed by atoms with van der Waals surface area (Å²) in [5, 5.41) is 2.95. The molecule has 2 amide bonds. The number of carbonyl (C=O) groups is 2. The number of hydrogen-bond donors (Lipinski definition) is 2. The van der Waals surface area contributed by atoms with Crippen molar-refractivity contribution in [3.63, 3.8) is 0 Å². The highest BCUT2D eigenvalue weighted by molar-refractivity contribution is 5.95. The number of nitrogens with one attached hydrogen (secondary N) is 2. The maximum atomic E-state index is 13.0. The molecule has 0 spiro atoms. The summed E-state index contributed by atoms with van der Waals surface area (Å²) >= 11 is 0. The summed E-state index contributed by atoms with van der Waals surface area (Å²) in [6.45, 7) is 3.86. The van der Waals surface area contributed by atoms with E-state index in [-0.39, 0.29) is 18.4 Å². The third kappa shape index (κ3) is 5.09. The number of benzene rings is 2. The number of aryl methyl sites for hydroxylation is 1. The van der Waals surface area contributed by atoms with Gasteiger partial charge < -0.3 is 24.8 Å². The largest absolute Gasteiger partial charge is 0.497 e. The van der Waals surface area contributed by atoms with Crippen LogP contribution in [-0.4, -0.2) is 85.0 Å². The Morgan fingerprint density at radius 2 is 1.94 bits per heavy atom. The van der Waals surface area contributed by atoms with E-state index in [0.29, 0.717) is 18.8 Å². The lowest BCUT2D eigenvalue weighted by Gasteiger charge is -2.42. The predicted octanol–water partition coefficient (Wildman–Crippen LogP) is 2.10. The van der Waals surface area contributed by atoms with Crippen molar-refractivity contribution >= 4 is 34.2 Å². The van der Waals surface area contributed by atoms with Crippen LogP contribution in [0.1, 0.15) is 5.82 Å². The molecule has 1 aliphatic rings. The fraction of sp³-hybridized carbons (Fsp3) is 0.375. The highest BCUT2D eigenvalue weighted by Crippen LogP contribution is 2.23. The van der Waals surface area contributed by atoms with Crippen LogP contribution in [-0.2, 0) is 9.59 Å². The standard InChI is InChI=1S/C24H30N6O3/c1-16-25-20-10-5-17(13-21(20)26-16)27-23(31)15-30-12-11-29(14-22(30)24(32)28(2)3)18-6-8-19(33-4)9-7-18/h5-10,13,22H,11-12,14-15H2,1-4H3,(H,25,26)(H,27,31). The number of fused-ring (bicyclic) bond motifs is 1. The van der Waals surface area contributed by atoms with Crippen LogP contribution < -0.4 is 15.0 Å². The molecule has 4 rings (SSSR count). The quantitative estimate of drug-likeness (QED) is 0.597. The Morgan fingerprint density at radius 1 is 1.18 bits per heavy atom. The molecule has 2 aromatic carbocycles. The molecule has 1 saturated heterocycles. The average Bonchev–Trinajstić information content (AvgIpc) is 3.18. The number of rotatable bonds is 6. The normalized spacial score (nSPS) is 16.6. The van der Waals surface area contributed by atoms with Crippen LogP contribution in [0.25, 0.3) is 11.0 Å². The number of piperazine rings is 1. The molecule has 1 aromatic heterocycles. The zero-order chi connectivity index (χ0) is 23.5. The lowest BCUT2D eigenvalue weighted by Crippen LogP contribution is -2.60. The number of ether oxygens (including phenoxy) is 1. The number of anilines is 2. The first kappa shape index (κ1) is 22.6. The van der Waals surface area contributed by atoms with E-state index in [4.69, 9.17) is 4.74 Å². The Morgan fingerprint density at radius 3 is 2.64 bits per heavy atom. The fourth-order valence-electron chi connectivity index (χ4n) is 4.17. The molecule has 1 fully saturated rings. The number of aromatic nitrogens is 2. The minimum atomic E-state index is -0.417. The number of likely N-dealkylation sites (N-methyl/N-ethyl adjacent to an activating group) is 1. The number of amides is 2. The smallest absolute Gasteiger partial charge is 0.241 e. The van der Waals surface area contributed by atoms with Crippen molar-refractivity contribution in [2.24, 2.45) is 0 Å². The van der Waals surface area contributed by atoms with Crippen molar-refractivity contribution in [2.45, 2.75) is 13.0 Å². The van der Waals surface area contributed by atoms with Crippen LogP contribution in [0.5, 0.6) is 5.75 Å². The van der Waals surface area contributed by atoms with E-state index in [2.05, 4.69) is 20.2 Å². The number of carbonyl (C=O) groups excluding carboxylic acids is 2. The van der Waals surface area contributed by atoms with Crippen molar-refractivity contribution in [2.75, 3.05) is 57.6 Å². The second-order valence-corrected chi connectivity index (χ2v) is 8.47. The van der Waals surface area contributed by atoms with E-state index >= 15 is 0 Å². The Bertz CT molecular complexity index is 1140. The topological polar surface area (TPSA) is 93.8 Å². The third-order valence-electron chi connectivity index (χ3n) is 5.89. The van der Waals surface area contributed by atoms with Gasteiger partial charge in [-0.05, 0) is 49.4 Å². The molecule has 0 aliphatic carbocycles. The molecule has 0 bridgehead atoms. The van der Waals surface area contributed by atoms with E-state index < -0.39 is 6.04 Å². The monoisotopic (exact) mass is 450 g/mol. The zero-order valence-corrected chi connectivity index (χ0v) is 19.5. The number of nitrogens with zero attached hydrogens (tertiary/aromatic N) is 4. The summed E-state index contributed by atoms with van der Waals surface area (Å²) in [4.78, 5) is 39.1. The predicted molar refractivity (Wildman–Crippen MR) is 129 cm³/mol. The molecule has 0 radical (unpaired) electrons. The van der Waals surface area contributed by atoms with Crippen LogP contribution in [0.2, 0.25) is 0 Å². The Labute approximate surface area is 193 Å². The molecule has 1 unspecified atom stereocenters. The molecule has 33 heavy (non-hydrogen) atoms. The molecular weight excluding hydrogens is 420 g/mol. The van der Waals surface area contributed by atoms with Crippen molar-refractivity contribution in [1.82, 2.24) is 19.8 Å². The maximum Gasteiger partial charge on any atom is 0.241 e. The van der Waals surface area contributed by atoms with Gasteiger partial charge in [-0.25, -0.2) is 4.98 Å². The van der Waals surface area contributed by atoms with Gasteiger partial charge in [-0.3, -0.25) is 14.5 Å². The molecule has 9 heteroatoms. The van der Waals surface area contributed by atoms with Gasteiger partial charge in [0.1, 0.15) is 17.6 Å². The molecule has 3 aromatic rings. The highest BCUT2D eigenvalue weighted by Gasteiger charge is 2.34. The van der Waals surface area contributed by atoms with Gasteiger partial charge in [0.15, 0.2) is 0 Å². The van der Waals surface area contributed by atoms with Gasteiger partial charge in [-0.2, -0.15) is 0 Å². The summed E-state index contributed by atoms with van der Waals surface area (Å²) in [7, 11) is 5.13. The fourth-order valence-corrected chi connectivity index (χ4v) is 4.17. The minimum absolute atomic E-state index is 0.0182. The van der Waals surface area contributed by atoms with Crippen LogP contribution >= 0.6 is 0 Å². The molecule has 2 N–H and O–H groups in total. The lowest BCUT2D eigenvalue weighted by atomic mass is 10.1. The summed E-state index contributed by atoms with van der Waals surface area (Å²) in [5.41, 5.74) is 3.46. The van der Waals surface area contributed by atoms with Crippen LogP contribution in [0.3, 0.4) is 0 Å². The van der Waals surface area contributed by atoms with Crippen LogP contribution in [0, 0.1) is 6.92 Å². The first-order valence-corrected chi connectivity index (χ1v) is 10.9. The van der Waals surface area contributed by atoms with E-state index in [1.807, 2.05) is 54.3 Å². The first-order valence-electron chi connectivity index (χ1n) is 10.9. The number of H-pyrrole nitrogens is 1. The second-order valence-electron chi connectivity index (χ2n) is 8.47. The second kappa shape index (κ2) is 9.50. The molecule has 0 saturated carbocycles. The summed E-state index contributed by atoms with van der Waals surface area (Å²) in [5.74, 6) is 1.45. The molecular formula is C24H30N6O3. The molecule has 1 atom stereocenters. The number of methoxy groups -OCH3 is 1. The van der Waals surface area contributed by atoms with Gasteiger partial charge in [-0.1, -0.05) is 0 Å². The van der Waals surface area contributed by atoms with Gasteiger partial charge in [0.2, 0.25) is 11.8 Å². The molecule has 2 heterocycles. The van der Waals surface area contributed by atoms with Gasteiger partial charge >= 0.3 is 0 Å². The summed E-state index contributed by atoms with van der Waals surface area (Å²) in [6, 6.07) is 13.0. The highest BCUT2D eigenvalue weighted by atomic mass is 16.5. The summed E-state index contributed by atoms with van der Waals surface area (Å²) < 4.78 is 5.24.